The fraction of sp³-hybridized carbons (Fsp3) is 0.297. The number of sulfonamides is 1. The van der Waals surface area contributed by atoms with Crippen molar-refractivity contribution in [1.82, 2.24) is 10.2 Å². The van der Waals surface area contributed by atoms with Crippen molar-refractivity contribution in [2.45, 2.75) is 63.9 Å². The Morgan fingerprint density at radius 2 is 1.46 bits per heavy atom. The van der Waals surface area contributed by atoms with Gasteiger partial charge in [0.2, 0.25) is 11.8 Å². The van der Waals surface area contributed by atoms with Crippen molar-refractivity contribution >= 4 is 39.1 Å². The fourth-order valence-electron chi connectivity index (χ4n) is 5.27. The van der Waals surface area contributed by atoms with Gasteiger partial charge in [-0.25, -0.2) is 8.42 Å². The molecule has 2 amide bonds. The van der Waals surface area contributed by atoms with Crippen molar-refractivity contribution in [3.63, 3.8) is 0 Å². The first kappa shape index (κ1) is 34.7. The molecule has 0 saturated heterocycles. The van der Waals surface area contributed by atoms with Crippen molar-refractivity contribution < 1.29 is 18.0 Å². The minimum atomic E-state index is -4.18. The first-order valence-electron chi connectivity index (χ1n) is 15.7. The van der Waals surface area contributed by atoms with E-state index in [0.29, 0.717) is 29.2 Å². The highest BCUT2D eigenvalue weighted by molar-refractivity contribution is 7.92. The Hall–Kier alpha value is -4.14. The number of hydrogen-bond donors (Lipinski definition) is 1. The van der Waals surface area contributed by atoms with Crippen molar-refractivity contribution in [1.29, 1.82) is 0 Å². The summed E-state index contributed by atoms with van der Waals surface area (Å²) in [5.41, 5.74) is 3.64. The van der Waals surface area contributed by atoms with Gasteiger partial charge in [-0.15, -0.1) is 0 Å². The first-order chi connectivity index (χ1) is 22.1. The normalized spacial score (nSPS) is 11.9. The Bertz CT molecular complexity index is 1710. The van der Waals surface area contributed by atoms with Gasteiger partial charge in [0.15, 0.2) is 0 Å². The topological polar surface area (TPSA) is 86.8 Å². The van der Waals surface area contributed by atoms with Gasteiger partial charge in [0.1, 0.15) is 12.6 Å². The van der Waals surface area contributed by atoms with E-state index in [4.69, 9.17) is 11.6 Å². The Kier molecular flexibility index (Phi) is 12.4. The maximum Gasteiger partial charge on any atom is 0.264 e. The third-order valence-corrected chi connectivity index (χ3v) is 10.1. The molecule has 4 aromatic carbocycles. The van der Waals surface area contributed by atoms with Gasteiger partial charge in [-0.2, -0.15) is 0 Å². The third-order valence-electron chi connectivity index (χ3n) is 7.93. The average molecular weight is 660 g/mol. The minimum Gasteiger partial charge on any atom is -0.354 e. The zero-order valence-electron chi connectivity index (χ0n) is 26.7. The van der Waals surface area contributed by atoms with Gasteiger partial charge < -0.3 is 10.2 Å². The lowest BCUT2D eigenvalue weighted by Gasteiger charge is -2.34. The SMILES string of the molecule is CCCCNC(=O)[C@@H](Cc1ccccc1)N(Cc1ccccc1Cl)C(=O)CN(c1ccccc1CC)S(=O)(=O)c1ccc(C)cc1. The lowest BCUT2D eigenvalue weighted by Crippen LogP contribution is -2.53. The summed E-state index contributed by atoms with van der Waals surface area (Å²) in [5.74, 6) is -0.826. The van der Waals surface area contributed by atoms with E-state index in [1.54, 1.807) is 48.5 Å². The maximum absolute atomic E-state index is 14.6. The summed E-state index contributed by atoms with van der Waals surface area (Å²) in [5, 5.41) is 3.46. The molecule has 0 aromatic heterocycles. The Balaban J connectivity index is 1.82. The summed E-state index contributed by atoms with van der Waals surface area (Å²) in [6.45, 7) is 5.84. The van der Waals surface area contributed by atoms with Gasteiger partial charge in [-0.05, 0) is 60.7 Å². The molecule has 7 nitrogen and oxygen atoms in total. The van der Waals surface area contributed by atoms with Crippen LogP contribution in [-0.2, 0) is 39.0 Å². The molecule has 1 N–H and O–H groups in total. The Morgan fingerprint density at radius 3 is 2.11 bits per heavy atom. The van der Waals surface area contributed by atoms with Crippen LogP contribution in [0.5, 0.6) is 0 Å². The predicted molar refractivity (Wildman–Crippen MR) is 185 cm³/mol. The molecule has 1 atom stereocenters. The van der Waals surface area contributed by atoms with Crippen LogP contribution < -0.4 is 9.62 Å². The second-order valence-corrected chi connectivity index (χ2v) is 13.5. The molecule has 9 heteroatoms. The number of carbonyl (C=O) groups excluding carboxylic acids is 2. The molecular formula is C37H42ClN3O4S. The molecular weight excluding hydrogens is 618 g/mol. The smallest absolute Gasteiger partial charge is 0.264 e. The number of halogens is 1. The number of nitrogens with zero attached hydrogens (tertiary/aromatic N) is 2. The van der Waals surface area contributed by atoms with Crippen molar-refractivity contribution in [2.24, 2.45) is 0 Å². The zero-order valence-corrected chi connectivity index (χ0v) is 28.2. The number of para-hydroxylation sites is 1. The maximum atomic E-state index is 14.6. The second kappa shape index (κ2) is 16.4. The van der Waals surface area contributed by atoms with Crippen LogP contribution in [-0.4, -0.2) is 44.3 Å². The largest absolute Gasteiger partial charge is 0.354 e. The van der Waals surface area contributed by atoms with Gasteiger partial charge in [-0.1, -0.05) is 116 Å². The highest BCUT2D eigenvalue weighted by atomic mass is 35.5. The molecule has 0 aliphatic heterocycles. The number of amides is 2. The third kappa shape index (κ3) is 8.77. The van der Waals surface area contributed by atoms with Gasteiger partial charge in [0, 0.05) is 24.5 Å². The van der Waals surface area contributed by atoms with Gasteiger partial charge in [0.25, 0.3) is 10.0 Å². The fourth-order valence-corrected chi connectivity index (χ4v) is 6.92. The number of hydrogen-bond acceptors (Lipinski definition) is 4. The molecule has 0 bridgehead atoms. The summed E-state index contributed by atoms with van der Waals surface area (Å²) in [7, 11) is -4.18. The monoisotopic (exact) mass is 659 g/mol. The number of rotatable bonds is 15. The lowest BCUT2D eigenvalue weighted by molar-refractivity contribution is -0.140. The summed E-state index contributed by atoms with van der Waals surface area (Å²) < 4.78 is 29.8. The summed E-state index contributed by atoms with van der Waals surface area (Å²) in [6.07, 6.45) is 2.49. The molecule has 46 heavy (non-hydrogen) atoms. The van der Waals surface area contributed by atoms with E-state index in [9.17, 15) is 18.0 Å². The van der Waals surface area contributed by atoms with E-state index < -0.39 is 28.5 Å². The minimum absolute atomic E-state index is 0.0189. The van der Waals surface area contributed by atoms with E-state index in [2.05, 4.69) is 5.32 Å². The number of nitrogens with one attached hydrogen (secondary N) is 1. The van der Waals surface area contributed by atoms with E-state index in [1.807, 2.05) is 75.4 Å². The average Bonchev–Trinajstić information content (AvgIpc) is 3.06. The molecule has 0 radical (unpaired) electrons. The van der Waals surface area contributed by atoms with Crippen LogP contribution in [0.4, 0.5) is 5.69 Å². The van der Waals surface area contributed by atoms with Crippen LogP contribution in [0.15, 0.2) is 108 Å². The van der Waals surface area contributed by atoms with E-state index in [0.717, 1.165) is 29.5 Å². The van der Waals surface area contributed by atoms with Gasteiger partial charge >= 0.3 is 0 Å². The van der Waals surface area contributed by atoms with E-state index >= 15 is 0 Å². The van der Waals surface area contributed by atoms with Crippen molar-refractivity contribution in [3.05, 3.63) is 130 Å². The molecule has 0 saturated carbocycles. The summed E-state index contributed by atoms with van der Waals surface area (Å²) in [4.78, 5) is 30.1. The molecule has 4 rings (SSSR count). The van der Waals surface area contributed by atoms with Crippen molar-refractivity contribution in [3.8, 4) is 0 Å². The van der Waals surface area contributed by atoms with Crippen LogP contribution in [0.2, 0.25) is 5.02 Å². The quantitative estimate of drug-likeness (QED) is 0.140. The summed E-state index contributed by atoms with van der Waals surface area (Å²) >= 11 is 6.58. The van der Waals surface area contributed by atoms with Gasteiger partial charge in [0.05, 0.1) is 10.6 Å². The number of carbonyl (C=O) groups is 2. The molecule has 0 aliphatic rings. The van der Waals surface area contributed by atoms with Gasteiger partial charge in [-0.3, -0.25) is 13.9 Å². The molecule has 4 aromatic rings. The Morgan fingerprint density at radius 1 is 0.826 bits per heavy atom. The molecule has 0 fully saturated rings. The number of benzene rings is 4. The highest BCUT2D eigenvalue weighted by Gasteiger charge is 2.35. The van der Waals surface area contributed by atoms with E-state index in [1.165, 1.54) is 9.21 Å². The zero-order chi connectivity index (χ0) is 33.1. The molecule has 242 valence electrons. The molecule has 0 aliphatic carbocycles. The van der Waals surface area contributed by atoms with Crippen molar-refractivity contribution in [2.75, 3.05) is 17.4 Å². The van der Waals surface area contributed by atoms with E-state index in [-0.39, 0.29) is 23.8 Å². The van der Waals surface area contributed by atoms with Crippen LogP contribution in [0, 0.1) is 6.92 Å². The van der Waals surface area contributed by atoms with Crippen LogP contribution in [0.3, 0.4) is 0 Å². The molecule has 0 spiro atoms. The summed E-state index contributed by atoms with van der Waals surface area (Å²) in [6, 6.07) is 29.5. The highest BCUT2D eigenvalue weighted by Crippen LogP contribution is 2.29. The van der Waals surface area contributed by atoms with Crippen LogP contribution in [0.1, 0.15) is 48.9 Å². The Labute approximate surface area is 278 Å². The van der Waals surface area contributed by atoms with Crippen LogP contribution in [0.25, 0.3) is 0 Å². The second-order valence-electron chi connectivity index (χ2n) is 11.3. The standard InChI is InChI=1S/C37H42ClN3O4S/c1-4-6-24-39-37(43)35(25-29-14-8-7-9-15-29)40(26-31-17-10-12-18-33(31)38)36(42)27-41(34-19-13-11-16-30(34)5-2)46(44,45)32-22-20-28(3)21-23-32/h7-23,35H,4-6,24-27H2,1-3H3,(H,39,43)/t35-/m1/s1. The lowest BCUT2D eigenvalue weighted by atomic mass is 10.0. The molecule has 0 heterocycles. The first-order valence-corrected chi connectivity index (χ1v) is 17.5. The number of anilines is 1. The molecule has 0 unspecified atom stereocenters. The van der Waals surface area contributed by atoms with Crippen LogP contribution >= 0.6 is 11.6 Å². The predicted octanol–water partition coefficient (Wildman–Crippen LogP) is 6.96. The number of unbranched alkanes of at least 4 members (excludes halogenated alkanes) is 1. The number of aryl methyl sites for hydroxylation is 2.